The van der Waals surface area contributed by atoms with E-state index in [2.05, 4.69) is 5.32 Å². The Balaban J connectivity index is 1.64. The molecule has 0 radical (unpaired) electrons. The van der Waals surface area contributed by atoms with Crippen LogP contribution in [0, 0.1) is 23.5 Å². The number of piperazine rings is 1. The van der Waals surface area contributed by atoms with Gasteiger partial charge < -0.3 is 10.2 Å². The zero-order valence-electron chi connectivity index (χ0n) is 18.5. The molecule has 3 rings (SSSR count). The molecule has 0 unspecified atom stereocenters. The summed E-state index contributed by atoms with van der Waals surface area (Å²) in [6.07, 6.45) is 4.82. The molecule has 1 aliphatic heterocycles. The second-order valence-corrected chi connectivity index (χ2v) is 10.8. The van der Waals surface area contributed by atoms with E-state index in [9.17, 15) is 26.8 Å². The molecule has 1 aromatic carbocycles. The molecule has 1 aromatic rings. The lowest BCUT2D eigenvalue weighted by atomic mass is 9.88. The van der Waals surface area contributed by atoms with Gasteiger partial charge in [-0.3, -0.25) is 9.59 Å². The van der Waals surface area contributed by atoms with Gasteiger partial charge in [0.2, 0.25) is 21.8 Å². The first-order valence-corrected chi connectivity index (χ1v) is 12.6. The number of hydrogen-bond donors (Lipinski definition) is 1. The number of nitrogens with one attached hydrogen (secondary N) is 1. The van der Waals surface area contributed by atoms with E-state index in [4.69, 9.17) is 0 Å². The zero-order chi connectivity index (χ0) is 23.5. The SMILES string of the molecule is CC(C)[C@@H](NC(=O)C1CCCCC1)C(=O)N1CCN(S(=O)(=O)c2cc(F)ccc2F)CC1. The van der Waals surface area contributed by atoms with Crippen LogP contribution in [-0.2, 0) is 19.6 Å². The number of carbonyl (C=O) groups is 2. The van der Waals surface area contributed by atoms with Crippen LogP contribution in [0.15, 0.2) is 23.1 Å². The lowest BCUT2D eigenvalue weighted by Gasteiger charge is -2.37. The van der Waals surface area contributed by atoms with E-state index in [0.29, 0.717) is 6.07 Å². The highest BCUT2D eigenvalue weighted by Gasteiger charge is 2.36. The van der Waals surface area contributed by atoms with E-state index < -0.39 is 32.6 Å². The van der Waals surface area contributed by atoms with E-state index >= 15 is 0 Å². The lowest BCUT2D eigenvalue weighted by molar-refractivity contribution is -0.139. The molecular formula is C22H31F2N3O4S. The summed E-state index contributed by atoms with van der Waals surface area (Å²) in [7, 11) is -4.22. The molecule has 7 nitrogen and oxygen atoms in total. The standard InChI is InChI=1S/C22H31F2N3O4S/c1-15(2)20(25-21(28)16-6-4-3-5-7-16)22(29)26-10-12-27(13-11-26)32(30,31)19-14-17(23)8-9-18(19)24/h8-9,14-16,20H,3-7,10-13H2,1-2H3,(H,25,28)/t20-/m1/s1. The molecule has 1 saturated heterocycles. The van der Waals surface area contributed by atoms with Crippen LogP contribution in [0.5, 0.6) is 0 Å². The Kier molecular flexibility index (Phi) is 7.87. The molecular weight excluding hydrogens is 440 g/mol. The predicted octanol–water partition coefficient (Wildman–Crippen LogP) is 2.52. The summed E-state index contributed by atoms with van der Waals surface area (Å²) in [5.74, 6) is -2.40. The highest BCUT2D eigenvalue weighted by molar-refractivity contribution is 7.89. The number of sulfonamides is 1. The number of hydrogen-bond acceptors (Lipinski definition) is 4. The van der Waals surface area contributed by atoms with E-state index in [-0.39, 0.29) is 49.8 Å². The van der Waals surface area contributed by atoms with Crippen molar-refractivity contribution in [3.63, 3.8) is 0 Å². The quantitative estimate of drug-likeness (QED) is 0.691. The molecule has 10 heteroatoms. The van der Waals surface area contributed by atoms with Crippen LogP contribution < -0.4 is 5.32 Å². The maximum atomic E-state index is 14.0. The highest BCUT2D eigenvalue weighted by atomic mass is 32.2. The van der Waals surface area contributed by atoms with Crippen molar-refractivity contribution in [1.29, 1.82) is 0 Å². The average Bonchev–Trinajstić information content (AvgIpc) is 2.78. The fourth-order valence-corrected chi connectivity index (χ4v) is 5.81. The monoisotopic (exact) mass is 471 g/mol. The molecule has 1 saturated carbocycles. The van der Waals surface area contributed by atoms with E-state index in [1.165, 1.54) is 4.90 Å². The van der Waals surface area contributed by atoms with Crippen molar-refractivity contribution >= 4 is 21.8 Å². The average molecular weight is 472 g/mol. The number of carbonyl (C=O) groups excluding carboxylic acids is 2. The van der Waals surface area contributed by atoms with Gasteiger partial charge in [0.25, 0.3) is 0 Å². The van der Waals surface area contributed by atoms with Crippen molar-refractivity contribution in [1.82, 2.24) is 14.5 Å². The molecule has 0 bridgehead atoms. The number of amides is 2. The van der Waals surface area contributed by atoms with Crippen molar-refractivity contribution in [2.45, 2.75) is 56.9 Å². The Morgan fingerprint density at radius 1 is 1.03 bits per heavy atom. The fourth-order valence-electron chi connectivity index (χ4n) is 4.31. The fraction of sp³-hybridized carbons (Fsp3) is 0.636. The van der Waals surface area contributed by atoms with Crippen LogP contribution in [0.2, 0.25) is 0 Å². The Bertz CT molecular complexity index is 940. The van der Waals surface area contributed by atoms with Crippen LogP contribution in [-0.4, -0.2) is 61.7 Å². The van der Waals surface area contributed by atoms with Gasteiger partial charge in [0.1, 0.15) is 22.6 Å². The van der Waals surface area contributed by atoms with Gasteiger partial charge in [-0.1, -0.05) is 33.1 Å². The van der Waals surface area contributed by atoms with Crippen LogP contribution in [0.25, 0.3) is 0 Å². The Morgan fingerprint density at radius 2 is 1.66 bits per heavy atom. The molecule has 0 aromatic heterocycles. The minimum Gasteiger partial charge on any atom is -0.344 e. The van der Waals surface area contributed by atoms with E-state index in [0.717, 1.165) is 48.5 Å². The third kappa shape index (κ3) is 5.46. The Labute approximate surface area is 188 Å². The highest BCUT2D eigenvalue weighted by Crippen LogP contribution is 2.25. The van der Waals surface area contributed by atoms with Crippen LogP contribution in [0.4, 0.5) is 8.78 Å². The second-order valence-electron chi connectivity index (χ2n) is 8.87. The van der Waals surface area contributed by atoms with Gasteiger partial charge in [0, 0.05) is 32.1 Å². The van der Waals surface area contributed by atoms with Gasteiger partial charge >= 0.3 is 0 Å². The van der Waals surface area contributed by atoms with Gasteiger partial charge in [-0.25, -0.2) is 17.2 Å². The van der Waals surface area contributed by atoms with Gasteiger partial charge in [0.05, 0.1) is 0 Å². The molecule has 0 spiro atoms. The second kappa shape index (κ2) is 10.2. The number of nitrogens with zero attached hydrogens (tertiary/aromatic N) is 2. The minimum atomic E-state index is -4.22. The zero-order valence-corrected chi connectivity index (χ0v) is 19.3. The maximum absolute atomic E-state index is 14.0. The molecule has 1 N–H and O–H groups in total. The molecule has 178 valence electrons. The lowest BCUT2D eigenvalue weighted by Crippen LogP contribution is -2.57. The van der Waals surface area contributed by atoms with Crippen molar-refractivity contribution in [2.75, 3.05) is 26.2 Å². The first kappa shape index (κ1) is 24.6. The summed E-state index contributed by atoms with van der Waals surface area (Å²) in [6.45, 7) is 3.86. The first-order valence-electron chi connectivity index (χ1n) is 11.2. The topological polar surface area (TPSA) is 86.8 Å². The molecule has 2 fully saturated rings. The van der Waals surface area contributed by atoms with Crippen molar-refractivity contribution in [3.8, 4) is 0 Å². The smallest absolute Gasteiger partial charge is 0.246 e. The predicted molar refractivity (Wildman–Crippen MR) is 115 cm³/mol. The van der Waals surface area contributed by atoms with Crippen LogP contribution in [0.3, 0.4) is 0 Å². The van der Waals surface area contributed by atoms with Crippen LogP contribution in [0.1, 0.15) is 46.0 Å². The minimum absolute atomic E-state index is 0.0363. The normalized spacial score (nSPS) is 19.7. The largest absolute Gasteiger partial charge is 0.344 e. The molecule has 32 heavy (non-hydrogen) atoms. The number of halogens is 2. The van der Waals surface area contributed by atoms with Gasteiger partial charge in [-0.2, -0.15) is 4.31 Å². The number of benzene rings is 1. The molecule has 1 aliphatic carbocycles. The van der Waals surface area contributed by atoms with Crippen LogP contribution >= 0.6 is 0 Å². The Morgan fingerprint density at radius 3 is 2.25 bits per heavy atom. The number of rotatable bonds is 6. The third-order valence-corrected chi connectivity index (χ3v) is 8.18. The third-order valence-electron chi connectivity index (χ3n) is 6.27. The van der Waals surface area contributed by atoms with Gasteiger partial charge in [-0.05, 0) is 37.0 Å². The maximum Gasteiger partial charge on any atom is 0.246 e. The summed E-state index contributed by atoms with van der Waals surface area (Å²) in [5.41, 5.74) is 0. The van der Waals surface area contributed by atoms with Gasteiger partial charge in [-0.15, -0.1) is 0 Å². The van der Waals surface area contributed by atoms with Crippen molar-refractivity contribution in [2.24, 2.45) is 11.8 Å². The molecule has 1 heterocycles. The van der Waals surface area contributed by atoms with Crippen molar-refractivity contribution < 1.29 is 26.8 Å². The molecule has 1 atom stereocenters. The summed E-state index contributed by atoms with van der Waals surface area (Å²) in [5, 5.41) is 2.91. The first-order chi connectivity index (χ1) is 15.1. The Hall–Kier alpha value is -2.07. The molecule has 2 aliphatic rings. The summed E-state index contributed by atoms with van der Waals surface area (Å²) in [4.78, 5) is 26.6. The molecule has 2 amide bonds. The van der Waals surface area contributed by atoms with Crippen molar-refractivity contribution in [3.05, 3.63) is 29.8 Å². The van der Waals surface area contributed by atoms with E-state index in [1.54, 1.807) is 0 Å². The van der Waals surface area contributed by atoms with E-state index in [1.807, 2.05) is 13.8 Å². The van der Waals surface area contributed by atoms with Gasteiger partial charge in [0.15, 0.2) is 0 Å². The summed E-state index contributed by atoms with van der Waals surface area (Å²) in [6, 6.07) is 1.62. The summed E-state index contributed by atoms with van der Waals surface area (Å²) < 4.78 is 54.1. The summed E-state index contributed by atoms with van der Waals surface area (Å²) >= 11 is 0.